The standard InChI is InChI=1S/C14H26N2O/c1-10-5-2-3-6-11(10)9-16-14(17)12-7-4-8-13(12)15/h10-13H,2-9,15H2,1H3,(H,16,17). The van der Waals surface area contributed by atoms with Crippen molar-refractivity contribution in [3.63, 3.8) is 0 Å². The van der Waals surface area contributed by atoms with E-state index in [1.165, 1.54) is 25.7 Å². The van der Waals surface area contributed by atoms with E-state index >= 15 is 0 Å². The van der Waals surface area contributed by atoms with Gasteiger partial charge in [-0.25, -0.2) is 0 Å². The van der Waals surface area contributed by atoms with E-state index in [4.69, 9.17) is 5.73 Å². The van der Waals surface area contributed by atoms with E-state index in [0.29, 0.717) is 5.92 Å². The highest BCUT2D eigenvalue weighted by molar-refractivity contribution is 5.79. The molecule has 17 heavy (non-hydrogen) atoms. The average Bonchev–Trinajstić information content (AvgIpc) is 2.74. The molecule has 0 aromatic rings. The minimum Gasteiger partial charge on any atom is -0.356 e. The van der Waals surface area contributed by atoms with Crippen LogP contribution in [0.1, 0.15) is 51.9 Å². The van der Waals surface area contributed by atoms with E-state index < -0.39 is 0 Å². The van der Waals surface area contributed by atoms with Crippen LogP contribution in [-0.2, 0) is 4.79 Å². The lowest BCUT2D eigenvalue weighted by Gasteiger charge is -2.29. The van der Waals surface area contributed by atoms with Gasteiger partial charge in [0.25, 0.3) is 0 Å². The molecular formula is C14H26N2O. The van der Waals surface area contributed by atoms with Crippen molar-refractivity contribution in [3.8, 4) is 0 Å². The minimum absolute atomic E-state index is 0.0777. The Morgan fingerprint density at radius 2 is 1.94 bits per heavy atom. The molecule has 0 aromatic carbocycles. The van der Waals surface area contributed by atoms with Crippen LogP contribution in [0.3, 0.4) is 0 Å². The number of carbonyl (C=O) groups is 1. The Morgan fingerprint density at radius 1 is 1.18 bits per heavy atom. The van der Waals surface area contributed by atoms with Gasteiger partial charge in [0, 0.05) is 12.6 Å². The van der Waals surface area contributed by atoms with Gasteiger partial charge in [0.05, 0.1) is 5.92 Å². The number of hydrogen-bond donors (Lipinski definition) is 2. The van der Waals surface area contributed by atoms with Crippen LogP contribution in [0.4, 0.5) is 0 Å². The molecule has 0 aliphatic heterocycles. The van der Waals surface area contributed by atoms with Crippen LogP contribution < -0.4 is 11.1 Å². The molecule has 0 aromatic heterocycles. The van der Waals surface area contributed by atoms with Gasteiger partial charge in [0.1, 0.15) is 0 Å². The third-order valence-corrected chi connectivity index (χ3v) is 4.73. The molecule has 1 amide bonds. The third-order valence-electron chi connectivity index (χ3n) is 4.73. The fourth-order valence-corrected chi connectivity index (χ4v) is 3.37. The summed E-state index contributed by atoms with van der Waals surface area (Å²) in [6, 6.07) is 0.0961. The molecule has 4 unspecified atom stereocenters. The minimum atomic E-state index is 0.0777. The molecule has 2 aliphatic carbocycles. The van der Waals surface area contributed by atoms with Crippen molar-refractivity contribution in [1.82, 2.24) is 5.32 Å². The maximum Gasteiger partial charge on any atom is 0.224 e. The monoisotopic (exact) mass is 238 g/mol. The molecule has 0 bridgehead atoms. The summed E-state index contributed by atoms with van der Waals surface area (Å²) in [6.45, 7) is 3.18. The summed E-state index contributed by atoms with van der Waals surface area (Å²) >= 11 is 0. The largest absolute Gasteiger partial charge is 0.356 e. The maximum atomic E-state index is 12.0. The molecule has 0 saturated heterocycles. The number of rotatable bonds is 3. The lowest BCUT2D eigenvalue weighted by atomic mass is 9.80. The summed E-state index contributed by atoms with van der Waals surface area (Å²) in [4.78, 5) is 12.0. The van der Waals surface area contributed by atoms with Crippen molar-refractivity contribution in [3.05, 3.63) is 0 Å². The zero-order valence-corrected chi connectivity index (χ0v) is 11.0. The molecule has 2 rings (SSSR count). The molecule has 3 nitrogen and oxygen atoms in total. The number of hydrogen-bond acceptors (Lipinski definition) is 2. The van der Waals surface area contributed by atoms with Crippen LogP contribution in [0.5, 0.6) is 0 Å². The fourth-order valence-electron chi connectivity index (χ4n) is 3.37. The van der Waals surface area contributed by atoms with Gasteiger partial charge in [-0.1, -0.05) is 32.6 Å². The number of amides is 1. The predicted octanol–water partition coefficient (Wildman–Crippen LogP) is 2.06. The van der Waals surface area contributed by atoms with Crippen molar-refractivity contribution in [2.75, 3.05) is 6.54 Å². The molecule has 3 N–H and O–H groups in total. The fraction of sp³-hybridized carbons (Fsp3) is 0.929. The SMILES string of the molecule is CC1CCCCC1CNC(=O)C1CCCC1N. The van der Waals surface area contributed by atoms with Crippen LogP contribution in [0.2, 0.25) is 0 Å². The second-order valence-corrected chi connectivity index (χ2v) is 5.97. The lowest BCUT2D eigenvalue weighted by molar-refractivity contribution is -0.125. The zero-order chi connectivity index (χ0) is 12.3. The molecular weight excluding hydrogens is 212 g/mol. The van der Waals surface area contributed by atoms with E-state index in [2.05, 4.69) is 12.2 Å². The van der Waals surface area contributed by atoms with Gasteiger partial charge >= 0.3 is 0 Å². The molecule has 2 saturated carbocycles. The van der Waals surface area contributed by atoms with E-state index in [1.54, 1.807) is 0 Å². The van der Waals surface area contributed by atoms with E-state index in [1.807, 2.05) is 0 Å². The predicted molar refractivity (Wildman–Crippen MR) is 69.4 cm³/mol. The normalized spacial score (nSPS) is 38.0. The number of nitrogens with two attached hydrogens (primary N) is 1. The molecule has 0 spiro atoms. The van der Waals surface area contributed by atoms with Gasteiger partial charge < -0.3 is 11.1 Å². The number of carbonyl (C=O) groups excluding carboxylic acids is 1. The summed E-state index contributed by atoms with van der Waals surface area (Å²) in [5.41, 5.74) is 5.96. The second kappa shape index (κ2) is 5.85. The smallest absolute Gasteiger partial charge is 0.224 e. The highest BCUT2D eigenvalue weighted by Crippen LogP contribution is 2.29. The van der Waals surface area contributed by atoms with Gasteiger partial charge in [0.15, 0.2) is 0 Å². The van der Waals surface area contributed by atoms with Gasteiger partial charge in [-0.15, -0.1) is 0 Å². The van der Waals surface area contributed by atoms with Crippen molar-refractivity contribution < 1.29 is 4.79 Å². The Labute approximate surface area is 105 Å². The zero-order valence-electron chi connectivity index (χ0n) is 11.0. The first kappa shape index (κ1) is 12.9. The highest BCUT2D eigenvalue weighted by atomic mass is 16.1. The van der Waals surface area contributed by atoms with Crippen LogP contribution >= 0.6 is 0 Å². The van der Waals surface area contributed by atoms with Gasteiger partial charge in [0.2, 0.25) is 5.91 Å². The Hall–Kier alpha value is -0.570. The van der Waals surface area contributed by atoms with Gasteiger partial charge in [-0.3, -0.25) is 4.79 Å². The first-order valence-corrected chi connectivity index (χ1v) is 7.21. The van der Waals surface area contributed by atoms with Crippen molar-refractivity contribution in [2.45, 2.75) is 57.9 Å². The molecule has 0 heterocycles. The first-order valence-electron chi connectivity index (χ1n) is 7.21. The van der Waals surface area contributed by atoms with Crippen molar-refractivity contribution >= 4 is 5.91 Å². The summed E-state index contributed by atoms with van der Waals surface area (Å²) in [5, 5.41) is 3.14. The number of nitrogens with one attached hydrogen (secondary N) is 1. The summed E-state index contributed by atoms with van der Waals surface area (Å²) in [5.74, 6) is 1.73. The summed E-state index contributed by atoms with van der Waals surface area (Å²) < 4.78 is 0. The second-order valence-electron chi connectivity index (χ2n) is 5.97. The van der Waals surface area contributed by atoms with Crippen molar-refractivity contribution in [1.29, 1.82) is 0 Å². The first-order chi connectivity index (χ1) is 8.18. The van der Waals surface area contributed by atoms with Crippen LogP contribution in [0, 0.1) is 17.8 Å². The van der Waals surface area contributed by atoms with Crippen LogP contribution in [0.15, 0.2) is 0 Å². The van der Waals surface area contributed by atoms with Crippen molar-refractivity contribution in [2.24, 2.45) is 23.5 Å². The molecule has 3 heteroatoms. The lowest BCUT2D eigenvalue weighted by Crippen LogP contribution is -2.41. The third kappa shape index (κ3) is 3.21. The highest BCUT2D eigenvalue weighted by Gasteiger charge is 2.31. The van der Waals surface area contributed by atoms with Crippen LogP contribution in [-0.4, -0.2) is 18.5 Å². The van der Waals surface area contributed by atoms with E-state index in [9.17, 15) is 4.79 Å². The Bertz CT molecular complexity index is 267. The Morgan fingerprint density at radius 3 is 2.59 bits per heavy atom. The Balaban J connectivity index is 1.75. The average molecular weight is 238 g/mol. The van der Waals surface area contributed by atoms with E-state index in [0.717, 1.165) is 31.7 Å². The molecule has 2 aliphatic rings. The quantitative estimate of drug-likeness (QED) is 0.790. The molecule has 2 fully saturated rings. The topological polar surface area (TPSA) is 55.1 Å². The van der Waals surface area contributed by atoms with Gasteiger partial charge in [-0.2, -0.15) is 0 Å². The maximum absolute atomic E-state index is 12.0. The summed E-state index contributed by atoms with van der Waals surface area (Å²) in [6.07, 6.45) is 8.39. The summed E-state index contributed by atoms with van der Waals surface area (Å²) in [7, 11) is 0. The molecule has 0 radical (unpaired) electrons. The molecule has 98 valence electrons. The molecule has 4 atom stereocenters. The van der Waals surface area contributed by atoms with Gasteiger partial charge in [-0.05, 0) is 31.1 Å². The van der Waals surface area contributed by atoms with E-state index in [-0.39, 0.29) is 17.9 Å². The Kier molecular flexibility index (Phi) is 4.43. The van der Waals surface area contributed by atoms with Crippen LogP contribution in [0.25, 0.3) is 0 Å².